The largest absolute Gasteiger partial charge is 0.395 e. The van der Waals surface area contributed by atoms with Crippen LogP contribution >= 0.6 is 0 Å². The number of nitrogens with two attached hydrogens (primary N) is 1. The quantitative estimate of drug-likeness (QED) is 0.824. The first-order chi connectivity index (χ1) is 8.19. The zero-order valence-corrected chi connectivity index (χ0v) is 9.85. The van der Waals surface area contributed by atoms with Crippen molar-refractivity contribution in [3.05, 3.63) is 35.6 Å². The molecule has 1 saturated heterocycles. The monoisotopic (exact) mass is 238 g/mol. The summed E-state index contributed by atoms with van der Waals surface area (Å²) < 4.78 is 13.2. The predicted octanol–water partition coefficient (Wildman–Crippen LogP) is 0.935. The van der Waals surface area contributed by atoms with Gasteiger partial charge in [-0.1, -0.05) is 12.1 Å². The van der Waals surface area contributed by atoms with Crippen LogP contribution in [-0.2, 0) is 0 Å². The fraction of sp³-hybridized carbons (Fsp3) is 0.538. The number of aliphatic hydroxyl groups excluding tert-OH is 1. The third kappa shape index (κ3) is 3.25. The molecule has 17 heavy (non-hydrogen) atoms. The maximum absolute atomic E-state index is 13.2. The Morgan fingerprint density at radius 3 is 2.94 bits per heavy atom. The lowest BCUT2D eigenvalue weighted by atomic mass is 9.88. The van der Waals surface area contributed by atoms with Gasteiger partial charge in [0.25, 0.3) is 0 Å². The minimum atomic E-state index is -0.199. The van der Waals surface area contributed by atoms with Crippen molar-refractivity contribution in [2.45, 2.75) is 18.4 Å². The van der Waals surface area contributed by atoms with Crippen molar-refractivity contribution in [2.75, 3.05) is 26.2 Å². The van der Waals surface area contributed by atoms with E-state index < -0.39 is 0 Å². The minimum absolute atomic E-state index is 0.101. The summed E-state index contributed by atoms with van der Waals surface area (Å²) in [5.41, 5.74) is 7.01. The van der Waals surface area contributed by atoms with Crippen LogP contribution in [0.2, 0.25) is 0 Å². The van der Waals surface area contributed by atoms with E-state index in [4.69, 9.17) is 10.8 Å². The summed E-state index contributed by atoms with van der Waals surface area (Å²) in [6, 6.07) is 6.82. The van der Waals surface area contributed by atoms with E-state index in [1.807, 2.05) is 6.07 Å². The maximum atomic E-state index is 13.2. The molecule has 0 aliphatic carbocycles. The van der Waals surface area contributed by atoms with Gasteiger partial charge in [-0.05, 0) is 30.0 Å². The molecular formula is C13H19FN2O. The van der Waals surface area contributed by atoms with Crippen LogP contribution in [-0.4, -0.2) is 42.3 Å². The lowest BCUT2D eigenvalue weighted by Gasteiger charge is -2.36. The number of β-amino-alcohol motifs (C(OH)–C–C–N with tert-alkyl or cyclic N) is 1. The molecule has 1 aliphatic rings. The summed E-state index contributed by atoms with van der Waals surface area (Å²) >= 11 is 0. The van der Waals surface area contributed by atoms with Crippen molar-refractivity contribution in [3.8, 4) is 0 Å². The fourth-order valence-corrected chi connectivity index (χ4v) is 2.56. The topological polar surface area (TPSA) is 49.5 Å². The highest BCUT2D eigenvalue weighted by atomic mass is 19.1. The number of rotatable bonds is 3. The van der Waals surface area contributed by atoms with Gasteiger partial charge in [0.15, 0.2) is 0 Å². The summed E-state index contributed by atoms with van der Waals surface area (Å²) in [4.78, 5) is 2.14. The SMILES string of the molecule is NC1CC(c2cccc(F)c2)CN(CCO)C1. The Morgan fingerprint density at radius 1 is 1.41 bits per heavy atom. The normalized spacial score (nSPS) is 26.1. The molecule has 0 saturated carbocycles. The lowest BCUT2D eigenvalue weighted by Crippen LogP contribution is -2.47. The van der Waals surface area contributed by atoms with Crippen LogP contribution in [0.5, 0.6) is 0 Å². The molecule has 0 radical (unpaired) electrons. The molecular weight excluding hydrogens is 219 g/mol. The molecule has 1 aliphatic heterocycles. The average molecular weight is 238 g/mol. The van der Waals surface area contributed by atoms with E-state index in [1.54, 1.807) is 12.1 Å². The summed E-state index contributed by atoms with van der Waals surface area (Å²) in [5, 5.41) is 8.96. The van der Waals surface area contributed by atoms with Crippen LogP contribution in [0.4, 0.5) is 4.39 Å². The number of hydrogen-bond acceptors (Lipinski definition) is 3. The molecule has 2 rings (SSSR count). The third-order valence-corrected chi connectivity index (χ3v) is 3.29. The molecule has 1 fully saturated rings. The van der Waals surface area contributed by atoms with Gasteiger partial charge in [0, 0.05) is 25.7 Å². The van der Waals surface area contributed by atoms with E-state index in [9.17, 15) is 4.39 Å². The summed E-state index contributed by atoms with van der Waals surface area (Å²) in [5.74, 6) is 0.0661. The minimum Gasteiger partial charge on any atom is -0.395 e. The molecule has 94 valence electrons. The van der Waals surface area contributed by atoms with Crippen LogP contribution in [0.25, 0.3) is 0 Å². The van der Waals surface area contributed by atoms with Gasteiger partial charge in [-0.2, -0.15) is 0 Å². The number of likely N-dealkylation sites (tertiary alicyclic amines) is 1. The zero-order chi connectivity index (χ0) is 12.3. The molecule has 0 spiro atoms. The first-order valence-corrected chi connectivity index (χ1v) is 6.03. The molecule has 0 amide bonds. The van der Waals surface area contributed by atoms with Gasteiger partial charge in [0.1, 0.15) is 5.82 Å². The molecule has 2 unspecified atom stereocenters. The molecule has 2 atom stereocenters. The Hall–Kier alpha value is -0.970. The van der Waals surface area contributed by atoms with E-state index in [-0.39, 0.29) is 24.4 Å². The zero-order valence-electron chi connectivity index (χ0n) is 9.85. The Bertz CT molecular complexity index is 372. The number of aliphatic hydroxyl groups is 1. The van der Waals surface area contributed by atoms with Gasteiger partial charge < -0.3 is 10.8 Å². The molecule has 3 N–H and O–H groups in total. The van der Waals surface area contributed by atoms with E-state index in [1.165, 1.54) is 6.07 Å². The predicted molar refractivity (Wildman–Crippen MR) is 65.3 cm³/mol. The Morgan fingerprint density at radius 2 is 2.24 bits per heavy atom. The first kappa shape index (κ1) is 12.5. The van der Waals surface area contributed by atoms with Crippen molar-refractivity contribution in [3.63, 3.8) is 0 Å². The second kappa shape index (κ2) is 5.58. The van der Waals surface area contributed by atoms with Crippen molar-refractivity contribution in [2.24, 2.45) is 5.73 Å². The van der Waals surface area contributed by atoms with Gasteiger partial charge >= 0.3 is 0 Å². The van der Waals surface area contributed by atoms with E-state index >= 15 is 0 Å². The van der Waals surface area contributed by atoms with Crippen LogP contribution in [0.3, 0.4) is 0 Å². The molecule has 3 nitrogen and oxygen atoms in total. The highest BCUT2D eigenvalue weighted by Gasteiger charge is 2.25. The van der Waals surface area contributed by atoms with Gasteiger partial charge in [0.2, 0.25) is 0 Å². The number of benzene rings is 1. The molecule has 0 aromatic heterocycles. The average Bonchev–Trinajstić information content (AvgIpc) is 2.28. The Balaban J connectivity index is 2.09. The van der Waals surface area contributed by atoms with Crippen LogP contribution in [0, 0.1) is 5.82 Å². The van der Waals surface area contributed by atoms with Gasteiger partial charge in [0.05, 0.1) is 6.61 Å². The van der Waals surface area contributed by atoms with Crippen LogP contribution in [0.1, 0.15) is 17.9 Å². The molecule has 1 aromatic rings. The summed E-state index contributed by atoms with van der Waals surface area (Å²) in [6.45, 7) is 2.44. The molecule has 1 aromatic carbocycles. The van der Waals surface area contributed by atoms with Crippen molar-refractivity contribution < 1.29 is 9.50 Å². The number of nitrogens with zero attached hydrogens (tertiary/aromatic N) is 1. The molecule has 4 heteroatoms. The van der Waals surface area contributed by atoms with Gasteiger partial charge in [-0.25, -0.2) is 4.39 Å². The molecule has 1 heterocycles. The van der Waals surface area contributed by atoms with Crippen molar-refractivity contribution in [1.29, 1.82) is 0 Å². The second-order valence-electron chi connectivity index (χ2n) is 4.73. The van der Waals surface area contributed by atoms with Gasteiger partial charge in [-0.15, -0.1) is 0 Å². The maximum Gasteiger partial charge on any atom is 0.123 e. The van der Waals surface area contributed by atoms with Crippen molar-refractivity contribution >= 4 is 0 Å². The number of halogens is 1. The fourth-order valence-electron chi connectivity index (χ4n) is 2.56. The van der Waals surface area contributed by atoms with Crippen LogP contribution in [0.15, 0.2) is 24.3 Å². The molecule has 0 bridgehead atoms. The Labute approximate surface area is 101 Å². The highest BCUT2D eigenvalue weighted by Crippen LogP contribution is 2.26. The highest BCUT2D eigenvalue weighted by molar-refractivity contribution is 5.22. The summed E-state index contributed by atoms with van der Waals surface area (Å²) in [6.07, 6.45) is 0.880. The third-order valence-electron chi connectivity index (χ3n) is 3.29. The lowest BCUT2D eigenvalue weighted by molar-refractivity contribution is 0.149. The Kier molecular flexibility index (Phi) is 4.10. The number of hydrogen-bond donors (Lipinski definition) is 2. The van der Waals surface area contributed by atoms with Gasteiger partial charge in [-0.3, -0.25) is 4.90 Å². The van der Waals surface area contributed by atoms with E-state index in [0.717, 1.165) is 25.1 Å². The number of piperidine rings is 1. The van der Waals surface area contributed by atoms with Crippen LogP contribution < -0.4 is 5.73 Å². The van der Waals surface area contributed by atoms with Crippen molar-refractivity contribution in [1.82, 2.24) is 4.90 Å². The standard InChI is InChI=1S/C13H19FN2O/c14-12-3-1-2-10(6-12)11-7-13(15)9-16(8-11)4-5-17/h1-3,6,11,13,17H,4-5,7-9,15H2. The second-order valence-corrected chi connectivity index (χ2v) is 4.73. The smallest absolute Gasteiger partial charge is 0.123 e. The first-order valence-electron chi connectivity index (χ1n) is 6.03. The van der Waals surface area contributed by atoms with E-state index in [0.29, 0.717) is 6.54 Å². The van der Waals surface area contributed by atoms with E-state index in [2.05, 4.69) is 4.90 Å². The summed E-state index contributed by atoms with van der Waals surface area (Å²) in [7, 11) is 0.